The zero-order chi connectivity index (χ0) is 12.7. The van der Waals surface area contributed by atoms with Crippen LogP contribution in [0.4, 0.5) is 5.95 Å². The normalized spacial score (nSPS) is 14.8. The molecule has 0 aliphatic heterocycles. The van der Waals surface area contributed by atoms with Crippen molar-refractivity contribution in [3.05, 3.63) is 40.1 Å². The van der Waals surface area contributed by atoms with Gasteiger partial charge in [-0.15, -0.1) is 0 Å². The summed E-state index contributed by atoms with van der Waals surface area (Å²) in [7, 11) is 0. The lowest BCUT2D eigenvalue weighted by atomic mass is 10.2. The molecule has 0 saturated heterocycles. The minimum atomic E-state index is 0.612. The summed E-state index contributed by atoms with van der Waals surface area (Å²) in [5, 5.41) is 3.49. The molecule has 2 aromatic rings. The SMILES string of the molecule is Cc1cn(-c2ccc(Br)cc2C)c(NC2CC2)n1. The number of nitrogens with zero attached hydrogens (tertiary/aromatic N) is 2. The van der Waals surface area contributed by atoms with Crippen LogP contribution in [0.1, 0.15) is 24.1 Å². The van der Waals surface area contributed by atoms with E-state index < -0.39 is 0 Å². The zero-order valence-electron chi connectivity index (χ0n) is 10.6. The van der Waals surface area contributed by atoms with Crippen LogP contribution in [0.5, 0.6) is 0 Å². The number of nitrogens with one attached hydrogen (secondary N) is 1. The van der Waals surface area contributed by atoms with Gasteiger partial charge in [0.2, 0.25) is 5.95 Å². The summed E-state index contributed by atoms with van der Waals surface area (Å²) in [5.41, 5.74) is 3.46. The van der Waals surface area contributed by atoms with Gasteiger partial charge in [0.15, 0.2) is 0 Å². The first-order chi connectivity index (χ1) is 8.63. The predicted molar refractivity (Wildman–Crippen MR) is 77.4 cm³/mol. The molecule has 94 valence electrons. The number of benzene rings is 1. The van der Waals surface area contributed by atoms with Gasteiger partial charge in [0.05, 0.1) is 11.4 Å². The van der Waals surface area contributed by atoms with E-state index in [2.05, 4.69) is 62.1 Å². The summed E-state index contributed by atoms with van der Waals surface area (Å²) >= 11 is 3.50. The first-order valence-corrected chi connectivity index (χ1v) is 7.02. The van der Waals surface area contributed by atoms with E-state index >= 15 is 0 Å². The lowest BCUT2D eigenvalue weighted by Crippen LogP contribution is -2.08. The highest BCUT2D eigenvalue weighted by Crippen LogP contribution is 2.27. The van der Waals surface area contributed by atoms with Crippen LogP contribution in [-0.2, 0) is 0 Å². The van der Waals surface area contributed by atoms with Crippen LogP contribution in [0.25, 0.3) is 5.69 Å². The third-order valence-electron chi connectivity index (χ3n) is 3.16. The van der Waals surface area contributed by atoms with E-state index in [1.807, 2.05) is 6.92 Å². The second-order valence-electron chi connectivity index (χ2n) is 4.93. The molecule has 1 saturated carbocycles. The van der Waals surface area contributed by atoms with Crippen LogP contribution in [0.15, 0.2) is 28.9 Å². The van der Waals surface area contributed by atoms with Crippen molar-refractivity contribution in [3.63, 3.8) is 0 Å². The monoisotopic (exact) mass is 305 g/mol. The maximum Gasteiger partial charge on any atom is 0.207 e. The topological polar surface area (TPSA) is 29.9 Å². The van der Waals surface area contributed by atoms with Crippen molar-refractivity contribution in [2.75, 3.05) is 5.32 Å². The molecule has 1 fully saturated rings. The molecular weight excluding hydrogens is 290 g/mol. The first kappa shape index (κ1) is 11.8. The molecule has 1 aromatic carbocycles. The van der Waals surface area contributed by atoms with Crippen molar-refractivity contribution in [3.8, 4) is 5.69 Å². The lowest BCUT2D eigenvalue weighted by Gasteiger charge is -2.11. The first-order valence-electron chi connectivity index (χ1n) is 6.22. The van der Waals surface area contributed by atoms with E-state index in [9.17, 15) is 0 Å². The van der Waals surface area contributed by atoms with E-state index in [0.29, 0.717) is 6.04 Å². The fourth-order valence-corrected chi connectivity index (χ4v) is 2.56. The van der Waals surface area contributed by atoms with E-state index in [0.717, 1.165) is 16.1 Å². The van der Waals surface area contributed by atoms with Crippen molar-refractivity contribution in [2.45, 2.75) is 32.7 Å². The maximum atomic E-state index is 4.57. The minimum absolute atomic E-state index is 0.612. The van der Waals surface area contributed by atoms with Crippen LogP contribution in [0.2, 0.25) is 0 Å². The van der Waals surface area contributed by atoms with Gasteiger partial charge in [0.25, 0.3) is 0 Å². The molecule has 1 aliphatic rings. The average Bonchev–Trinajstić information content (AvgIpc) is 3.03. The largest absolute Gasteiger partial charge is 0.353 e. The Morgan fingerprint density at radius 2 is 2.11 bits per heavy atom. The quantitative estimate of drug-likeness (QED) is 0.934. The third kappa shape index (κ3) is 2.29. The number of halogens is 1. The Kier molecular flexibility index (Phi) is 2.90. The van der Waals surface area contributed by atoms with Gasteiger partial charge in [-0.3, -0.25) is 4.57 Å². The third-order valence-corrected chi connectivity index (χ3v) is 3.65. The van der Waals surface area contributed by atoms with Crippen LogP contribution in [0.3, 0.4) is 0 Å². The highest BCUT2D eigenvalue weighted by molar-refractivity contribution is 9.10. The molecule has 1 heterocycles. The van der Waals surface area contributed by atoms with Crippen molar-refractivity contribution in [2.24, 2.45) is 0 Å². The van der Waals surface area contributed by atoms with Gasteiger partial charge in [-0.2, -0.15) is 0 Å². The Morgan fingerprint density at radius 3 is 2.78 bits per heavy atom. The number of hydrogen-bond donors (Lipinski definition) is 1. The Hall–Kier alpha value is -1.29. The Morgan fingerprint density at radius 1 is 1.33 bits per heavy atom. The second-order valence-corrected chi connectivity index (χ2v) is 5.84. The Balaban J connectivity index is 2.03. The molecular formula is C14H16BrN3. The van der Waals surface area contributed by atoms with Crippen LogP contribution in [-0.4, -0.2) is 15.6 Å². The van der Waals surface area contributed by atoms with Gasteiger partial charge in [0, 0.05) is 16.7 Å². The predicted octanol–water partition coefficient (Wildman–Crippen LogP) is 3.83. The van der Waals surface area contributed by atoms with Crippen LogP contribution in [0, 0.1) is 13.8 Å². The van der Waals surface area contributed by atoms with Gasteiger partial charge in [-0.05, 0) is 50.5 Å². The number of imidazole rings is 1. The van der Waals surface area contributed by atoms with Crippen molar-refractivity contribution < 1.29 is 0 Å². The van der Waals surface area contributed by atoms with Gasteiger partial charge < -0.3 is 5.32 Å². The zero-order valence-corrected chi connectivity index (χ0v) is 12.2. The van der Waals surface area contributed by atoms with Crippen molar-refractivity contribution in [1.29, 1.82) is 0 Å². The molecule has 1 aliphatic carbocycles. The molecule has 0 spiro atoms. The molecule has 0 bridgehead atoms. The molecule has 0 radical (unpaired) electrons. The summed E-state index contributed by atoms with van der Waals surface area (Å²) in [6, 6.07) is 6.93. The molecule has 18 heavy (non-hydrogen) atoms. The van der Waals surface area contributed by atoms with Crippen molar-refractivity contribution >= 4 is 21.9 Å². The van der Waals surface area contributed by atoms with Crippen molar-refractivity contribution in [1.82, 2.24) is 9.55 Å². The molecule has 0 atom stereocenters. The number of hydrogen-bond acceptors (Lipinski definition) is 2. The molecule has 1 aromatic heterocycles. The van der Waals surface area contributed by atoms with E-state index in [-0.39, 0.29) is 0 Å². The molecule has 0 amide bonds. The van der Waals surface area contributed by atoms with Gasteiger partial charge in [-0.1, -0.05) is 15.9 Å². The maximum absolute atomic E-state index is 4.57. The molecule has 3 rings (SSSR count). The summed E-state index contributed by atoms with van der Waals surface area (Å²) in [5.74, 6) is 0.959. The Labute approximate surface area is 115 Å². The Bertz CT molecular complexity index is 585. The van der Waals surface area contributed by atoms with E-state index in [4.69, 9.17) is 0 Å². The second kappa shape index (κ2) is 4.43. The van der Waals surface area contributed by atoms with E-state index in [1.165, 1.54) is 24.1 Å². The molecule has 0 unspecified atom stereocenters. The minimum Gasteiger partial charge on any atom is -0.353 e. The van der Waals surface area contributed by atoms with Crippen LogP contribution >= 0.6 is 15.9 Å². The number of anilines is 1. The summed E-state index contributed by atoms with van der Waals surface area (Å²) in [4.78, 5) is 4.57. The number of rotatable bonds is 3. The lowest BCUT2D eigenvalue weighted by molar-refractivity contribution is 0.993. The van der Waals surface area contributed by atoms with Gasteiger partial charge >= 0.3 is 0 Å². The highest BCUT2D eigenvalue weighted by Gasteiger charge is 2.23. The molecule has 1 N–H and O–H groups in total. The van der Waals surface area contributed by atoms with Gasteiger partial charge in [-0.25, -0.2) is 4.98 Å². The molecule has 3 nitrogen and oxygen atoms in total. The highest BCUT2D eigenvalue weighted by atomic mass is 79.9. The van der Waals surface area contributed by atoms with Gasteiger partial charge in [0.1, 0.15) is 0 Å². The summed E-state index contributed by atoms with van der Waals surface area (Å²) < 4.78 is 3.26. The summed E-state index contributed by atoms with van der Waals surface area (Å²) in [6.45, 7) is 4.15. The number of aryl methyl sites for hydroxylation is 2. The standard InChI is InChI=1S/C14H16BrN3/c1-9-7-11(15)3-6-13(9)18-8-10(2)16-14(18)17-12-4-5-12/h3,6-8,12H,4-5H2,1-2H3,(H,16,17). The average molecular weight is 306 g/mol. The smallest absolute Gasteiger partial charge is 0.207 e. The fraction of sp³-hybridized carbons (Fsp3) is 0.357. The van der Waals surface area contributed by atoms with Crippen LogP contribution < -0.4 is 5.32 Å². The summed E-state index contributed by atoms with van der Waals surface area (Å²) in [6.07, 6.45) is 4.59. The van der Waals surface area contributed by atoms with E-state index in [1.54, 1.807) is 0 Å². The fourth-order valence-electron chi connectivity index (χ4n) is 2.08. The molecule has 4 heteroatoms. The number of aromatic nitrogens is 2.